The first-order chi connectivity index (χ1) is 14.0. The zero-order chi connectivity index (χ0) is 20.2. The van der Waals surface area contributed by atoms with Crippen molar-refractivity contribution in [1.29, 1.82) is 0 Å². The van der Waals surface area contributed by atoms with Gasteiger partial charge in [0.05, 0.1) is 29.1 Å². The number of aryl methyl sites for hydroxylation is 1. The number of hydrogen-bond acceptors (Lipinski definition) is 4. The second-order valence-electron chi connectivity index (χ2n) is 7.60. The van der Waals surface area contributed by atoms with Gasteiger partial charge in [0.15, 0.2) is 11.6 Å². The number of rotatable bonds is 3. The Kier molecular flexibility index (Phi) is 3.90. The highest BCUT2D eigenvalue weighted by Crippen LogP contribution is 2.43. The molecule has 0 unspecified atom stereocenters. The van der Waals surface area contributed by atoms with Gasteiger partial charge in [0.2, 0.25) is 0 Å². The fourth-order valence-corrected chi connectivity index (χ4v) is 4.15. The quantitative estimate of drug-likeness (QED) is 0.571. The van der Waals surface area contributed by atoms with Gasteiger partial charge >= 0.3 is 0 Å². The number of nitrogens with zero attached hydrogens (tertiary/aromatic N) is 5. The Morgan fingerprint density at radius 3 is 2.79 bits per heavy atom. The Morgan fingerprint density at radius 2 is 2.00 bits per heavy atom. The Hall–Kier alpha value is -3.29. The van der Waals surface area contributed by atoms with Gasteiger partial charge in [-0.3, -0.25) is 0 Å². The molecular formula is C21H19F2N6. The number of halogens is 2. The largest absolute Gasteiger partial charge is 0.357 e. The summed E-state index contributed by atoms with van der Waals surface area (Å²) in [7, 11) is 0. The molecule has 0 bridgehead atoms. The minimum atomic E-state index is -0.927. The van der Waals surface area contributed by atoms with Crippen molar-refractivity contribution in [1.82, 2.24) is 25.0 Å². The Bertz CT molecular complexity index is 1200. The van der Waals surface area contributed by atoms with Crippen molar-refractivity contribution in [2.45, 2.75) is 32.2 Å². The lowest BCUT2D eigenvalue weighted by molar-refractivity contribution is 0.465. The van der Waals surface area contributed by atoms with Crippen LogP contribution in [0, 0.1) is 24.6 Å². The zero-order valence-electron chi connectivity index (χ0n) is 16.1. The van der Waals surface area contributed by atoms with Gasteiger partial charge in [-0.2, -0.15) is 10.2 Å². The van der Waals surface area contributed by atoms with E-state index in [-0.39, 0.29) is 5.52 Å². The number of benzene rings is 2. The molecule has 1 aliphatic heterocycles. The summed E-state index contributed by atoms with van der Waals surface area (Å²) in [4.78, 5) is 11.4. The van der Waals surface area contributed by atoms with E-state index < -0.39 is 17.2 Å². The SMILES string of the molecule is Cc1c[c]c(-n2nccn2)c(N2CCC[C@@]2(C)c2nc3c(F)c(F)ccc3[nH]2)c1. The Morgan fingerprint density at radius 1 is 1.21 bits per heavy atom. The van der Waals surface area contributed by atoms with Crippen LogP contribution in [0.4, 0.5) is 14.5 Å². The number of imidazole rings is 1. The lowest BCUT2D eigenvalue weighted by Gasteiger charge is -2.36. The predicted molar refractivity (Wildman–Crippen MR) is 105 cm³/mol. The van der Waals surface area contributed by atoms with Crippen LogP contribution in [0.25, 0.3) is 16.7 Å². The highest BCUT2D eigenvalue weighted by molar-refractivity contribution is 5.76. The van der Waals surface area contributed by atoms with Gasteiger partial charge in [0, 0.05) is 12.6 Å². The van der Waals surface area contributed by atoms with Crippen LogP contribution in [0.3, 0.4) is 0 Å². The molecule has 1 N–H and O–H groups in total. The molecule has 2 aromatic carbocycles. The van der Waals surface area contributed by atoms with E-state index in [2.05, 4.69) is 44.1 Å². The lowest BCUT2D eigenvalue weighted by Crippen LogP contribution is -2.40. The maximum Gasteiger partial charge on any atom is 0.186 e. The van der Waals surface area contributed by atoms with Crippen LogP contribution in [0.2, 0.25) is 0 Å². The van der Waals surface area contributed by atoms with Crippen molar-refractivity contribution in [3.63, 3.8) is 0 Å². The monoisotopic (exact) mass is 393 g/mol. The molecule has 0 aliphatic carbocycles. The molecule has 0 amide bonds. The van der Waals surface area contributed by atoms with E-state index in [0.29, 0.717) is 11.3 Å². The first kappa shape index (κ1) is 17.8. The molecule has 1 atom stereocenters. The molecule has 1 saturated heterocycles. The summed E-state index contributed by atoms with van der Waals surface area (Å²) in [6, 6.07) is 9.88. The molecule has 5 rings (SSSR count). The molecule has 1 fully saturated rings. The molecule has 147 valence electrons. The van der Waals surface area contributed by atoms with Gasteiger partial charge < -0.3 is 9.88 Å². The van der Waals surface area contributed by atoms with Crippen molar-refractivity contribution >= 4 is 16.7 Å². The maximum atomic E-state index is 14.3. The summed E-state index contributed by atoms with van der Waals surface area (Å²) in [6.07, 6.45) is 5.00. The van der Waals surface area contributed by atoms with Crippen LogP contribution < -0.4 is 4.90 Å². The summed E-state index contributed by atoms with van der Waals surface area (Å²) in [6.45, 7) is 4.86. The van der Waals surface area contributed by atoms with Crippen LogP contribution in [0.1, 0.15) is 31.2 Å². The van der Waals surface area contributed by atoms with Crippen molar-refractivity contribution < 1.29 is 8.78 Å². The normalized spacial score (nSPS) is 19.4. The number of hydrogen-bond donors (Lipinski definition) is 1. The van der Waals surface area contributed by atoms with E-state index in [1.54, 1.807) is 17.2 Å². The third-order valence-electron chi connectivity index (χ3n) is 5.65. The molecule has 8 heteroatoms. The van der Waals surface area contributed by atoms with Crippen LogP contribution in [0.5, 0.6) is 0 Å². The Balaban J connectivity index is 1.66. The average Bonchev–Trinajstić information content (AvgIpc) is 3.44. The van der Waals surface area contributed by atoms with E-state index in [1.807, 2.05) is 13.0 Å². The standard InChI is InChI=1S/C21H19F2N6/c1-13-4-7-16(29-24-9-10-25-29)17(12-13)28-11-3-8-21(28,2)20-26-15-6-5-14(22)18(23)19(15)27-20/h4-6,9-10,12H,3,8,11H2,1-2H3,(H,26,27)/t21-/m0/s1. The van der Waals surface area contributed by atoms with Crippen LogP contribution in [-0.2, 0) is 5.54 Å². The van der Waals surface area contributed by atoms with E-state index in [0.717, 1.165) is 42.4 Å². The summed E-state index contributed by atoms with van der Waals surface area (Å²) < 4.78 is 27.9. The second kappa shape index (κ2) is 6.37. The molecule has 1 radical (unpaired) electrons. The smallest absolute Gasteiger partial charge is 0.186 e. The van der Waals surface area contributed by atoms with Crippen LogP contribution >= 0.6 is 0 Å². The topological polar surface area (TPSA) is 62.6 Å². The van der Waals surface area contributed by atoms with Crippen LogP contribution in [-0.4, -0.2) is 31.5 Å². The summed E-state index contributed by atoms with van der Waals surface area (Å²) in [5, 5.41) is 8.52. The van der Waals surface area contributed by atoms with E-state index in [9.17, 15) is 8.78 Å². The number of anilines is 1. The molecule has 4 aromatic rings. The van der Waals surface area contributed by atoms with Gasteiger partial charge in [-0.15, -0.1) is 4.80 Å². The number of aromatic amines is 1. The summed E-state index contributed by atoms with van der Waals surface area (Å²) >= 11 is 0. The zero-order valence-corrected chi connectivity index (χ0v) is 16.1. The van der Waals surface area contributed by atoms with E-state index in [4.69, 9.17) is 0 Å². The number of fused-ring (bicyclic) bond motifs is 1. The number of nitrogens with one attached hydrogen (secondary N) is 1. The Labute approximate surface area is 166 Å². The average molecular weight is 393 g/mol. The van der Waals surface area contributed by atoms with Gasteiger partial charge in [-0.25, -0.2) is 13.8 Å². The summed E-state index contributed by atoms with van der Waals surface area (Å²) in [5.41, 5.74) is 2.71. The second-order valence-corrected chi connectivity index (χ2v) is 7.60. The molecule has 3 heterocycles. The molecule has 29 heavy (non-hydrogen) atoms. The molecular weight excluding hydrogens is 374 g/mol. The van der Waals surface area contributed by atoms with Crippen molar-refractivity contribution in [3.05, 3.63) is 65.7 Å². The van der Waals surface area contributed by atoms with Crippen molar-refractivity contribution in [2.24, 2.45) is 0 Å². The fourth-order valence-electron chi connectivity index (χ4n) is 4.15. The first-order valence-corrected chi connectivity index (χ1v) is 9.48. The maximum absolute atomic E-state index is 14.3. The highest BCUT2D eigenvalue weighted by atomic mass is 19.2. The predicted octanol–water partition coefficient (Wildman–Crippen LogP) is 4.05. The first-order valence-electron chi connectivity index (χ1n) is 9.48. The lowest BCUT2D eigenvalue weighted by atomic mass is 9.97. The molecule has 0 spiro atoms. The minimum Gasteiger partial charge on any atom is -0.357 e. The van der Waals surface area contributed by atoms with Gasteiger partial charge in [0.1, 0.15) is 17.0 Å². The van der Waals surface area contributed by atoms with E-state index in [1.165, 1.54) is 6.07 Å². The third-order valence-corrected chi connectivity index (χ3v) is 5.65. The van der Waals surface area contributed by atoms with E-state index >= 15 is 0 Å². The number of H-pyrrole nitrogens is 1. The minimum absolute atomic E-state index is 0.0258. The van der Waals surface area contributed by atoms with Crippen molar-refractivity contribution in [3.8, 4) is 5.69 Å². The van der Waals surface area contributed by atoms with Crippen LogP contribution in [0.15, 0.2) is 36.7 Å². The highest BCUT2D eigenvalue weighted by Gasteiger charge is 2.42. The van der Waals surface area contributed by atoms with Gasteiger partial charge in [-0.1, -0.05) is 0 Å². The summed E-state index contributed by atoms with van der Waals surface area (Å²) in [5.74, 6) is -1.22. The fraction of sp³-hybridized carbons (Fsp3) is 0.286. The molecule has 1 aliphatic rings. The number of aromatic nitrogens is 5. The van der Waals surface area contributed by atoms with Gasteiger partial charge in [0.25, 0.3) is 0 Å². The third kappa shape index (κ3) is 2.70. The van der Waals surface area contributed by atoms with Gasteiger partial charge in [-0.05, 0) is 56.5 Å². The molecule has 0 saturated carbocycles. The van der Waals surface area contributed by atoms with Crippen molar-refractivity contribution in [2.75, 3.05) is 11.4 Å². The molecule has 6 nitrogen and oxygen atoms in total. The molecule has 2 aromatic heterocycles.